The molecule has 0 fully saturated rings. The largest absolute Gasteiger partial charge is 0.391 e. The molecule has 7 heteroatoms. The SMILES string of the molecule is Cc1cccn2nc(NC(C)CC(F)(F)F)nc12. The third kappa shape index (κ3) is 2.91. The van der Waals surface area contributed by atoms with Crippen molar-refractivity contribution >= 4 is 11.6 Å². The quantitative estimate of drug-likeness (QED) is 0.920. The molecule has 0 spiro atoms. The van der Waals surface area contributed by atoms with E-state index in [-0.39, 0.29) is 5.95 Å². The van der Waals surface area contributed by atoms with Gasteiger partial charge in [0, 0.05) is 12.2 Å². The summed E-state index contributed by atoms with van der Waals surface area (Å²) in [6.07, 6.45) is -3.40. The first-order chi connectivity index (χ1) is 8.35. The number of nitrogens with zero attached hydrogens (tertiary/aromatic N) is 3. The molecule has 0 radical (unpaired) electrons. The number of rotatable bonds is 3. The van der Waals surface area contributed by atoms with Crippen LogP contribution in [0, 0.1) is 6.92 Å². The van der Waals surface area contributed by atoms with Crippen molar-refractivity contribution in [3.8, 4) is 0 Å². The van der Waals surface area contributed by atoms with Crippen LogP contribution in [0.1, 0.15) is 18.9 Å². The van der Waals surface area contributed by atoms with Gasteiger partial charge in [0.2, 0.25) is 5.95 Å². The smallest absolute Gasteiger partial charge is 0.350 e. The van der Waals surface area contributed by atoms with Crippen LogP contribution in [0.15, 0.2) is 18.3 Å². The average Bonchev–Trinajstić information content (AvgIpc) is 2.58. The summed E-state index contributed by atoms with van der Waals surface area (Å²) in [5.41, 5.74) is 1.56. The number of fused-ring (bicyclic) bond motifs is 1. The summed E-state index contributed by atoms with van der Waals surface area (Å²) >= 11 is 0. The second-order valence-corrected chi connectivity index (χ2v) is 4.26. The van der Waals surface area contributed by atoms with Crippen molar-refractivity contribution < 1.29 is 13.2 Å². The summed E-state index contributed by atoms with van der Waals surface area (Å²) < 4.78 is 38.1. The highest BCUT2D eigenvalue weighted by Gasteiger charge is 2.30. The van der Waals surface area contributed by atoms with Gasteiger partial charge < -0.3 is 5.32 Å². The topological polar surface area (TPSA) is 42.2 Å². The van der Waals surface area contributed by atoms with Gasteiger partial charge in [0.1, 0.15) is 0 Å². The Morgan fingerprint density at radius 2 is 2.17 bits per heavy atom. The van der Waals surface area contributed by atoms with E-state index in [0.717, 1.165) is 5.56 Å². The Bertz CT molecular complexity index is 547. The molecule has 0 aliphatic carbocycles. The molecule has 1 atom stereocenters. The van der Waals surface area contributed by atoms with E-state index >= 15 is 0 Å². The highest BCUT2D eigenvalue weighted by Crippen LogP contribution is 2.22. The van der Waals surface area contributed by atoms with E-state index in [1.165, 1.54) is 11.4 Å². The number of hydrogen-bond donors (Lipinski definition) is 1. The molecule has 0 saturated carbocycles. The first kappa shape index (κ1) is 12.7. The van der Waals surface area contributed by atoms with Crippen LogP contribution in [-0.4, -0.2) is 26.8 Å². The lowest BCUT2D eigenvalue weighted by Crippen LogP contribution is -2.24. The molecule has 0 amide bonds. The van der Waals surface area contributed by atoms with Gasteiger partial charge in [-0.3, -0.25) is 0 Å². The van der Waals surface area contributed by atoms with Crippen LogP contribution in [0.25, 0.3) is 5.65 Å². The number of alkyl halides is 3. The lowest BCUT2D eigenvalue weighted by molar-refractivity contribution is -0.136. The summed E-state index contributed by atoms with van der Waals surface area (Å²) in [5.74, 6) is 0.209. The molecule has 18 heavy (non-hydrogen) atoms. The molecule has 2 heterocycles. The lowest BCUT2D eigenvalue weighted by atomic mass is 10.2. The minimum atomic E-state index is -4.19. The molecule has 0 saturated heterocycles. The predicted molar refractivity (Wildman–Crippen MR) is 61.5 cm³/mol. The fraction of sp³-hybridized carbons (Fsp3) is 0.455. The number of hydrogen-bond acceptors (Lipinski definition) is 3. The molecule has 2 aromatic heterocycles. The molecule has 1 N–H and O–H groups in total. The second kappa shape index (κ2) is 4.47. The van der Waals surface area contributed by atoms with Crippen LogP contribution in [0.4, 0.5) is 19.1 Å². The first-order valence-electron chi connectivity index (χ1n) is 5.50. The molecule has 4 nitrogen and oxygen atoms in total. The maximum Gasteiger partial charge on any atom is 0.391 e. The molecule has 2 rings (SSSR count). The predicted octanol–water partition coefficient (Wildman–Crippen LogP) is 2.79. The molecule has 98 valence electrons. The third-order valence-electron chi connectivity index (χ3n) is 2.47. The van der Waals surface area contributed by atoms with Gasteiger partial charge in [-0.25, -0.2) is 4.52 Å². The van der Waals surface area contributed by atoms with E-state index in [1.807, 2.05) is 13.0 Å². The van der Waals surface area contributed by atoms with Gasteiger partial charge >= 0.3 is 6.18 Å². The minimum Gasteiger partial charge on any atom is -0.350 e. The van der Waals surface area contributed by atoms with Crippen molar-refractivity contribution in [2.45, 2.75) is 32.5 Å². The van der Waals surface area contributed by atoms with E-state index in [1.54, 1.807) is 12.3 Å². The van der Waals surface area contributed by atoms with Crippen LogP contribution in [0.2, 0.25) is 0 Å². The van der Waals surface area contributed by atoms with Gasteiger partial charge in [-0.1, -0.05) is 6.07 Å². The molecule has 0 aliphatic heterocycles. The molecule has 0 aliphatic rings. The van der Waals surface area contributed by atoms with Gasteiger partial charge in [0.15, 0.2) is 5.65 Å². The van der Waals surface area contributed by atoms with E-state index in [9.17, 15) is 13.2 Å². The zero-order chi connectivity index (χ0) is 13.3. The highest BCUT2D eigenvalue weighted by atomic mass is 19.4. The standard InChI is InChI=1S/C11H13F3N4/c1-7-4-3-5-18-9(7)16-10(17-18)15-8(2)6-11(12,13)14/h3-5,8H,6H2,1-2H3,(H,15,17). The summed E-state index contributed by atoms with van der Waals surface area (Å²) in [5, 5.41) is 6.72. The fourth-order valence-corrected chi connectivity index (χ4v) is 1.72. The van der Waals surface area contributed by atoms with Gasteiger partial charge in [-0.2, -0.15) is 18.2 Å². The third-order valence-corrected chi connectivity index (χ3v) is 2.47. The number of aromatic nitrogens is 3. The Hall–Kier alpha value is -1.79. The van der Waals surface area contributed by atoms with Gasteiger partial charge in [-0.05, 0) is 25.5 Å². The van der Waals surface area contributed by atoms with Crippen molar-refractivity contribution in [1.29, 1.82) is 0 Å². The van der Waals surface area contributed by atoms with Crippen LogP contribution in [0.3, 0.4) is 0 Å². The van der Waals surface area contributed by atoms with Gasteiger partial charge in [-0.15, -0.1) is 5.10 Å². The van der Waals surface area contributed by atoms with Crippen molar-refractivity contribution in [2.24, 2.45) is 0 Å². The average molecular weight is 258 g/mol. The zero-order valence-electron chi connectivity index (χ0n) is 9.99. The van der Waals surface area contributed by atoms with Crippen molar-refractivity contribution in [1.82, 2.24) is 14.6 Å². The Morgan fingerprint density at radius 3 is 2.78 bits per heavy atom. The summed E-state index contributed by atoms with van der Waals surface area (Å²) in [7, 11) is 0. The van der Waals surface area contributed by atoms with Crippen molar-refractivity contribution in [3.63, 3.8) is 0 Å². The number of anilines is 1. The monoisotopic (exact) mass is 258 g/mol. The first-order valence-corrected chi connectivity index (χ1v) is 5.50. The number of aryl methyl sites for hydroxylation is 1. The molecule has 0 aromatic carbocycles. The number of halogens is 3. The maximum absolute atomic E-state index is 12.2. The lowest BCUT2D eigenvalue weighted by Gasteiger charge is -2.14. The fourth-order valence-electron chi connectivity index (χ4n) is 1.72. The number of pyridine rings is 1. The van der Waals surface area contributed by atoms with Gasteiger partial charge in [0.25, 0.3) is 0 Å². The van der Waals surface area contributed by atoms with Crippen LogP contribution < -0.4 is 5.32 Å². The molecule has 1 unspecified atom stereocenters. The molecular formula is C11H13F3N4. The minimum absolute atomic E-state index is 0.209. The molecule has 2 aromatic rings. The number of nitrogens with one attached hydrogen (secondary N) is 1. The Labute approximate surface area is 102 Å². The maximum atomic E-state index is 12.2. The van der Waals surface area contributed by atoms with E-state index in [2.05, 4.69) is 15.4 Å². The molecular weight excluding hydrogens is 245 g/mol. The zero-order valence-corrected chi connectivity index (χ0v) is 9.99. The van der Waals surface area contributed by atoms with Crippen LogP contribution >= 0.6 is 0 Å². The summed E-state index contributed by atoms with van der Waals surface area (Å²) in [6.45, 7) is 3.32. The van der Waals surface area contributed by atoms with E-state index < -0.39 is 18.6 Å². The van der Waals surface area contributed by atoms with Gasteiger partial charge in [0.05, 0.1) is 6.42 Å². The second-order valence-electron chi connectivity index (χ2n) is 4.26. The van der Waals surface area contributed by atoms with Crippen molar-refractivity contribution in [3.05, 3.63) is 23.9 Å². The summed E-state index contributed by atoms with van der Waals surface area (Å²) in [4.78, 5) is 4.16. The molecule has 0 bridgehead atoms. The normalized spacial score (nSPS) is 13.8. The van der Waals surface area contributed by atoms with E-state index in [0.29, 0.717) is 5.65 Å². The van der Waals surface area contributed by atoms with Crippen molar-refractivity contribution in [2.75, 3.05) is 5.32 Å². The van der Waals surface area contributed by atoms with E-state index in [4.69, 9.17) is 0 Å². The highest BCUT2D eigenvalue weighted by molar-refractivity contribution is 5.49. The van der Waals surface area contributed by atoms with Crippen LogP contribution in [0.5, 0.6) is 0 Å². The Morgan fingerprint density at radius 1 is 1.44 bits per heavy atom. The Kier molecular flexibility index (Phi) is 3.14. The summed E-state index contributed by atoms with van der Waals surface area (Å²) in [6, 6.07) is 2.91. The van der Waals surface area contributed by atoms with Crippen LogP contribution in [-0.2, 0) is 0 Å². The Balaban J connectivity index is 2.15.